The Morgan fingerprint density at radius 2 is 2.10 bits per heavy atom. The van der Waals surface area contributed by atoms with Crippen molar-refractivity contribution in [2.24, 2.45) is 5.92 Å². The molecule has 1 aromatic carbocycles. The third kappa shape index (κ3) is 3.03. The van der Waals surface area contributed by atoms with Gasteiger partial charge in [0.2, 0.25) is 0 Å². The van der Waals surface area contributed by atoms with Gasteiger partial charge in [-0.1, -0.05) is 0 Å². The Labute approximate surface area is 123 Å². The Morgan fingerprint density at radius 1 is 1.29 bits per heavy atom. The molecule has 2 heterocycles. The molecule has 0 saturated carbocycles. The zero-order valence-corrected chi connectivity index (χ0v) is 11.9. The molecule has 2 aromatic rings. The van der Waals surface area contributed by atoms with Gasteiger partial charge in [0.1, 0.15) is 0 Å². The maximum atomic E-state index is 12.6. The molecule has 1 saturated heterocycles. The molecule has 1 atom stereocenters. The summed E-state index contributed by atoms with van der Waals surface area (Å²) in [5.41, 5.74) is 2.20. The van der Waals surface area contributed by atoms with Crippen LogP contribution in [0.2, 0.25) is 0 Å². The topological polar surface area (TPSA) is 66.3 Å². The highest BCUT2D eigenvalue weighted by atomic mass is 16.3. The van der Waals surface area contributed by atoms with Gasteiger partial charge >= 0.3 is 0 Å². The second kappa shape index (κ2) is 6.18. The van der Waals surface area contributed by atoms with Gasteiger partial charge < -0.3 is 10.0 Å². The highest BCUT2D eigenvalue weighted by Gasteiger charge is 2.24. The minimum atomic E-state index is 0.0465. The summed E-state index contributed by atoms with van der Waals surface area (Å²) < 4.78 is 0. The van der Waals surface area contributed by atoms with Gasteiger partial charge in [-0.25, -0.2) is 0 Å². The van der Waals surface area contributed by atoms with E-state index in [-0.39, 0.29) is 12.5 Å². The summed E-state index contributed by atoms with van der Waals surface area (Å²) in [5.74, 6) is 0.457. The van der Waals surface area contributed by atoms with Gasteiger partial charge in [-0.2, -0.15) is 0 Å². The Hall–Kier alpha value is -2.01. The number of aliphatic hydroxyl groups excluding tert-OH is 1. The number of likely N-dealkylation sites (tertiary alicyclic amines) is 1. The van der Waals surface area contributed by atoms with Gasteiger partial charge in [0, 0.05) is 37.7 Å². The number of hydrogen-bond donors (Lipinski definition) is 1. The fourth-order valence-electron chi connectivity index (χ4n) is 2.95. The summed E-state index contributed by atoms with van der Waals surface area (Å²) in [6.45, 7) is 1.72. The number of aliphatic hydroxyl groups is 1. The first-order valence-corrected chi connectivity index (χ1v) is 7.39. The van der Waals surface area contributed by atoms with Crippen LogP contribution in [0.5, 0.6) is 0 Å². The summed E-state index contributed by atoms with van der Waals surface area (Å²) in [6, 6.07) is 5.46. The van der Waals surface area contributed by atoms with E-state index in [1.807, 2.05) is 17.0 Å². The van der Waals surface area contributed by atoms with Crippen molar-refractivity contribution < 1.29 is 9.90 Å². The molecule has 1 N–H and O–H groups in total. The molecule has 21 heavy (non-hydrogen) atoms. The predicted octanol–water partition coefficient (Wildman–Crippen LogP) is 1.86. The zero-order valence-electron chi connectivity index (χ0n) is 11.9. The summed E-state index contributed by atoms with van der Waals surface area (Å²) >= 11 is 0. The monoisotopic (exact) mass is 285 g/mol. The molecule has 1 aromatic heterocycles. The predicted molar refractivity (Wildman–Crippen MR) is 79.9 cm³/mol. The Kier molecular flexibility index (Phi) is 4.10. The lowest BCUT2D eigenvalue weighted by atomic mass is 9.94. The van der Waals surface area contributed by atoms with Crippen molar-refractivity contribution in [2.45, 2.75) is 19.3 Å². The number of carbonyl (C=O) groups excluding carboxylic acids is 1. The first kappa shape index (κ1) is 13.9. The minimum Gasteiger partial charge on any atom is -0.396 e. The van der Waals surface area contributed by atoms with Gasteiger partial charge in [0.05, 0.1) is 11.0 Å². The van der Waals surface area contributed by atoms with Crippen LogP contribution >= 0.6 is 0 Å². The lowest BCUT2D eigenvalue weighted by Crippen LogP contribution is -2.40. The molecule has 3 rings (SSSR count). The Bertz CT molecular complexity index is 642. The van der Waals surface area contributed by atoms with E-state index >= 15 is 0 Å². The van der Waals surface area contributed by atoms with E-state index < -0.39 is 0 Å². The normalized spacial score (nSPS) is 18.9. The fraction of sp³-hybridized carbons (Fsp3) is 0.438. The quantitative estimate of drug-likeness (QED) is 0.935. The van der Waals surface area contributed by atoms with E-state index in [1.165, 1.54) is 0 Å². The van der Waals surface area contributed by atoms with Crippen LogP contribution in [-0.4, -0.2) is 45.6 Å². The minimum absolute atomic E-state index is 0.0465. The third-order valence-electron chi connectivity index (χ3n) is 4.06. The Morgan fingerprint density at radius 3 is 2.90 bits per heavy atom. The van der Waals surface area contributed by atoms with Crippen molar-refractivity contribution in [1.29, 1.82) is 0 Å². The van der Waals surface area contributed by atoms with Gasteiger partial charge in [-0.3, -0.25) is 14.8 Å². The van der Waals surface area contributed by atoms with Gasteiger partial charge in [-0.15, -0.1) is 0 Å². The lowest BCUT2D eigenvalue weighted by Gasteiger charge is -2.32. The smallest absolute Gasteiger partial charge is 0.253 e. The second-order valence-corrected chi connectivity index (χ2v) is 5.53. The van der Waals surface area contributed by atoms with E-state index in [2.05, 4.69) is 9.97 Å². The van der Waals surface area contributed by atoms with Crippen molar-refractivity contribution in [3.63, 3.8) is 0 Å². The van der Waals surface area contributed by atoms with Crippen molar-refractivity contribution in [3.8, 4) is 0 Å². The number of nitrogens with zero attached hydrogens (tertiary/aromatic N) is 3. The molecule has 5 heteroatoms. The van der Waals surface area contributed by atoms with Crippen LogP contribution in [0.1, 0.15) is 29.6 Å². The molecule has 0 aliphatic carbocycles. The maximum Gasteiger partial charge on any atom is 0.253 e. The number of hydrogen-bond acceptors (Lipinski definition) is 4. The Balaban J connectivity index is 1.79. The van der Waals surface area contributed by atoms with Crippen LogP contribution in [0.3, 0.4) is 0 Å². The van der Waals surface area contributed by atoms with Gasteiger partial charge in [0.15, 0.2) is 0 Å². The van der Waals surface area contributed by atoms with Crippen molar-refractivity contribution in [3.05, 3.63) is 36.2 Å². The van der Waals surface area contributed by atoms with Gasteiger partial charge in [-0.05, 0) is 43.4 Å². The van der Waals surface area contributed by atoms with E-state index in [9.17, 15) is 4.79 Å². The van der Waals surface area contributed by atoms with E-state index in [4.69, 9.17) is 5.11 Å². The molecule has 5 nitrogen and oxygen atoms in total. The SMILES string of the molecule is O=C(c1ccc2nccnc2c1)N1CCCC(CCO)C1. The van der Waals surface area contributed by atoms with Crippen molar-refractivity contribution >= 4 is 16.9 Å². The van der Waals surface area contributed by atoms with E-state index in [0.717, 1.165) is 43.4 Å². The van der Waals surface area contributed by atoms with Crippen LogP contribution in [0.25, 0.3) is 11.0 Å². The third-order valence-corrected chi connectivity index (χ3v) is 4.06. The summed E-state index contributed by atoms with van der Waals surface area (Å²) in [6.07, 6.45) is 6.15. The molecule has 1 aliphatic heterocycles. The average Bonchev–Trinajstić information content (AvgIpc) is 2.54. The average molecular weight is 285 g/mol. The molecular weight excluding hydrogens is 266 g/mol. The highest BCUT2D eigenvalue weighted by molar-refractivity contribution is 5.97. The molecule has 0 spiro atoms. The summed E-state index contributed by atoms with van der Waals surface area (Å²) in [7, 11) is 0. The maximum absolute atomic E-state index is 12.6. The first-order valence-electron chi connectivity index (χ1n) is 7.39. The molecule has 1 amide bonds. The van der Waals surface area contributed by atoms with Crippen LogP contribution < -0.4 is 0 Å². The molecule has 1 unspecified atom stereocenters. The number of aromatic nitrogens is 2. The molecule has 1 aliphatic rings. The van der Waals surface area contributed by atoms with E-state index in [0.29, 0.717) is 11.5 Å². The van der Waals surface area contributed by atoms with Crippen molar-refractivity contribution in [1.82, 2.24) is 14.9 Å². The highest BCUT2D eigenvalue weighted by Crippen LogP contribution is 2.21. The summed E-state index contributed by atoms with van der Waals surface area (Å²) in [5, 5.41) is 9.06. The number of carbonyl (C=O) groups is 1. The number of piperidine rings is 1. The number of fused-ring (bicyclic) bond motifs is 1. The van der Waals surface area contributed by atoms with Crippen LogP contribution in [0, 0.1) is 5.92 Å². The molecular formula is C16H19N3O2. The zero-order chi connectivity index (χ0) is 14.7. The number of benzene rings is 1. The molecule has 0 radical (unpaired) electrons. The molecule has 110 valence electrons. The largest absolute Gasteiger partial charge is 0.396 e. The molecule has 0 bridgehead atoms. The number of amides is 1. The summed E-state index contributed by atoms with van der Waals surface area (Å²) in [4.78, 5) is 23.0. The van der Waals surface area contributed by atoms with E-state index in [1.54, 1.807) is 18.5 Å². The van der Waals surface area contributed by atoms with Crippen LogP contribution in [-0.2, 0) is 0 Å². The van der Waals surface area contributed by atoms with Gasteiger partial charge in [0.25, 0.3) is 5.91 Å². The molecule has 1 fully saturated rings. The standard InChI is InChI=1S/C16H19N3O2/c20-9-5-12-2-1-8-19(11-12)16(21)13-3-4-14-15(10-13)18-7-6-17-14/h3-4,6-7,10,12,20H,1-2,5,8-9,11H2. The van der Waals surface area contributed by atoms with Crippen LogP contribution in [0.15, 0.2) is 30.6 Å². The second-order valence-electron chi connectivity index (χ2n) is 5.53. The van der Waals surface area contributed by atoms with Crippen LogP contribution in [0.4, 0.5) is 0 Å². The van der Waals surface area contributed by atoms with Crippen molar-refractivity contribution in [2.75, 3.05) is 19.7 Å². The fourth-order valence-corrected chi connectivity index (χ4v) is 2.95. The first-order chi connectivity index (χ1) is 10.3. The number of rotatable bonds is 3. The lowest BCUT2D eigenvalue weighted by molar-refractivity contribution is 0.0654.